The van der Waals surface area contributed by atoms with E-state index in [1.165, 1.54) is 30.2 Å². The lowest BCUT2D eigenvalue weighted by Gasteiger charge is -2.21. The number of methoxy groups -OCH3 is 1. The van der Waals surface area contributed by atoms with Crippen LogP contribution in [0.5, 0.6) is 0 Å². The minimum atomic E-state index is -0.806. The molecule has 4 rings (SSSR count). The van der Waals surface area contributed by atoms with Crippen LogP contribution in [0.4, 0.5) is 13.9 Å². The van der Waals surface area contributed by atoms with Gasteiger partial charge in [-0.25, -0.2) is 18.6 Å². The van der Waals surface area contributed by atoms with Crippen molar-refractivity contribution in [2.75, 3.05) is 12.0 Å². The third kappa shape index (κ3) is 4.15. The van der Waals surface area contributed by atoms with E-state index in [0.29, 0.717) is 0 Å². The summed E-state index contributed by atoms with van der Waals surface area (Å²) in [5.41, 5.74) is 1.01. The first-order valence-corrected chi connectivity index (χ1v) is 10.1. The standard InChI is InChI=1S/C23H16F2N2O3S/c1-30-22(29)17-10-6-5-9-16(17)21(28)27(13-14-7-3-2-4-8-14)23-26-20-18(25)11-15(24)12-19(20)31-23/h2-12H,13H2,1H3. The van der Waals surface area contributed by atoms with Crippen molar-refractivity contribution >= 4 is 38.6 Å². The third-order valence-corrected chi connectivity index (χ3v) is 5.65. The van der Waals surface area contributed by atoms with Crippen LogP contribution in [0.2, 0.25) is 0 Å². The van der Waals surface area contributed by atoms with Crippen LogP contribution in [0.15, 0.2) is 66.7 Å². The van der Waals surface area contributed by atoms with Gasteiger partial charge in [0.05, 0.1) is 29.5 Å². The molecule has 0 aliphatic carbocycles. The molecule has 0 spiro atoms. The Hall–Kier alpha value is -3.65. The lowest BCUT2D eigenvalue weighted by Crippen LogP contribution is -2.31. The molecular formula is C23H16F2N2O3S. The zero-order valence-corrected chi connectivity index (χ0v) is 17.2. The van der Waals surface area contributed by atoms with Crippen molar-refractivity contribution in [1.82, 2.24) is 4.98 Å². The first-order valence-electron chi connectivity index (χ1n) is 9.26. The van der Waals surface area contributed by atoms with Crippen LogP contribution in [0.3, 0.4) is 0 Å². The Morgan fingerprint density at radius 3 is 2.39 bits per heavy atom. The highest BCUT2D eigenvalue weighted by Gasteiger charge is 2.26. The summed E-state index contributed by atoms with van der Waals surface area (Å²) in [6.07, 6.45) is 0. The van der Waals surface area contributed by atoms with E-state index in [0.717, 1.165) is 23.0 Å². The number of ether oxygens (including phenoxy) is 1. The molecule has 31 heavy (non-hydrogen) atoms. The minimum Gasteiger partial charge on any atom is -0.465 e. The Labute approximate surface area is 180 Å². The average molecular weight is 438 g/mol. The molecule has 0 unspecified atom stereocenters. The Balaban J connectivity index is 1.83. The molecule has 1 aromatic heterocycles. The molecule has 0 aliphatic rings. The average Bonchev–Trinajstić information content (AvgIpc) is 3.21. The highest BCUT2D eigenvalue weighted by molar-refractivity contribution is 7.22. The lowest BCUT2D eigenvalue weighted by molar-refractivity contribution is 0.0597. The molecule has 1 amide bonds. The number of hydrogen-bond donors (Lipinski definition) is 0. The van der Waals surface area contributed by atoms with Gasteiger partial charge in [0.1, 0.15) is 11.3 Å². The van der Waals surface area contributed by atoms with E-state index in [9.17, 15) is 18.4 Å². The topological polar surface area (TPSA) is 59.5 Å². The van der Waals surface area contributed by atoms with E-state index >= 15 is 0 Å². The molecule has 0 saturated carbocycles. The molecule has 0 radical (unpaired) electrons. The normalized spacial score (nSPS) is 10.8. The van der Waals surface area contributed by atoms with Gasteiger partial charge in [0.2, 0.25) is 0 Å². The van der Waals surface area contributed by atoms with Crippen molar-refractivity contribution in [2.45, 2.75) is 6.54 Å². The molecule has 0 N–H and O–H groups in total. The van der Waals surface area contributed by atoms with Gasteiger partial charge in [0, 0.05) is 6.07 Å². The molecule has 0 saturated heterocycles. The molecule has 5 nitrogen and oxygen atoms in total. The maximum Gasteiger partial charge on any atom is 0.338 e. The quantitative estimate of drug-likeness (QED) is 0.402. The summed E-state index contributed by atoms with van der Waals surface area (Å²) in [6, 6.07) is 17.4. The third-order valence-electron chi connectivity index (χ3n) is 4.62. The predicted molar refractivity (Wildman–Crippen MR) is 114 cm³/mol. The maximum absolute atomic E-state index is 14.2. The number of rotatable bonds is 5. The van der Waals surface area contributed by atoms with Gasteiger partial charge in [0.15, 0.2) is 10.9 Å². The number of aromatic nitrogens is 1. The number of thiazole rings is 1. The molecule has 8 heteroatoms. The highest BCUT2D eigenvalue weighted by Crippen LogP contribution is 2.33. The molecule has 4 aromatic rings. The number of esters is 1. The number of halogens is 2. The summed E-state index contributed by atoms with van der Waals surface area (Å²) in [5.74, 6) is -2.69. The zero-order chi connectivity index (χ0) is 22.0. The van der Waals surface area contributed by atoms with Crippen LogP contribution in [0.25, 0.3) is 10.2 Å². The van der Waals surface area contributed by atoms with Gasteiger partial charge in [-0.05, 0) is 23.8 Å². The molecule has 0 atom stereocenters. The number of amides is 1. The molecule has 0 aliphatic heterocycles. The SMILES string of the molecule is COC(=O)c1ccccc1C(=O)N(Cc1ccccc1)c1nc2c(F)cc(F)cc2s1. The summed E-state index contributed by atoms with van der Waals surface area (Å²) in [4.78, 5) is 31.3. The summed E-state index contributed by atoms with van der Waals surface area (Å²) in [5, 5.41) is 0.188. The Morgan fingerprint density at radius 1 is 1.00 bits per heavy atom. The molecule has 0 bridgehead atoms. The first kappa shape index (κ1) is 20.6. The van der Waals surface area contributed by atoms with E-state index < -0.39 is 23.5 Å². The minimum absolute atomic E-state index is 0.0199. The van der Waals surface area contributed by atoms with Crippen LogP contribution in [0, 0.1) is 11.6 Å². The number of carbonyl (C=O) groups excluding carboxylic acids is 2. The molecule has 156 valence electrons. The second-order valence-electron chi connectivity index (χ2n) is 6.64. The predicted octanol–water partition coefficient (Wildman–Crippen LogP) is 5.21. The Kier molecular flexibility index (Phi) is 5.73. The number of carbonyl (C=O) groups is 2. The number of benzene rings is 3. The van der Waals surface area contributed by atoms with Crippen LogP contribution in [-0.2, 0) is 11.3 Å². The Morgan fingerprint density at radius 2 is 1.68 bits per heavy atom. The maximum atomic E-state index is 14.2. The van der Waals surface area contributed by atoms with E-state index in [-0.39, 0.29) is 33.0 Å². The van der Waals surface area contributed by atoms with Crippen molar-refractivity contribution in [3.63, 3.8) is 0 Å². The van der Waals surface area contributed by atoms with Crippen molar-refractivity contribution in [3.8, 4) is 0 Å². The van der Waals surface area contributed by atoms with Crippen molar-refractivity contribution in [2.24, 2.45) is 0 Å². The zero-order valence-electron chi connectivity index (χ0n) is 16.3. The van der Waals surface area contributed by atoms with Gasteiger partial charge in [-0.2, -0.15) is 0 Å². The first-order chi connectivity index (χ1) is 15.0. The number of anilines is 1. The van der Waals surface area contributed by atoms with Crippen LogP contribution >= 0.6 is 11.3 Å². The van der Waals surface area contributed by atoms with Gasteiger partial charge >= 0.3 is 5.97 Å². The van der Waals surface area contributed by atoms with Crippen molar-refractivity contribution in [1.29, 1.82) is 0 Å². The van der Waals surface area contributed by atoms with E-state index in [1.54, 1.807) is 12.1 Å². The van der Waals surface area contributed by atoms with Gasteiger partial charge in [-0.1, -0.05) is 53.8 Å². The molecule has 1 heterocycles. The fraction of sp³-hybridized carbons (Fsp3) is 0.0870. The summed E-state index contributed by atoms with van der Waals surface area (Å²) < 4.78 is 33.0. The number of nitrogens with zero attached hydrogens (tertiary/aromatic N) is 2. The monoisotopic (exact) mass is 438 g/mol. The number of fused-ring (bicyclic) bond motifs is 1. The second kappa shape index (κ2) is 8.61. The second-order valence-corrected chi connectivity index (χ2v) is 7.65. The fourth-order valence-electron chi connectivity index (χ4n) is 3.16. The van der Waals surface area contributed by atoms with Crippen LogP contribution < -0.4 is 4.90 Å². The molecular weight excluding hydrogens is 422 g/mol. The van der Waals surface area contributed by atoms with Crippen molar-refractivity contribution in [3.05, 3.63) is 95.1 Å². The summed E-state index contributed by atoms with van der Waals surface area (Å²) >= 11 is 0.994. The highest BCUT2D eigenvalue weighted by atomic mass is 32.1. The molecule has 0 fully saturated rings. The van der Waals surface area contributed by atoms with Gasteiger partial charge < -0.3 is 4.74 Å². The van der Waals surface area contributed by atoms with Crippen molar-refractivity contribution < 1.29 is 23.1 Å². The van der Waals surface area contributed by atoms with E-state index in [2.05, 4.69) is 4.98 Å². The number of hydrogen-bond acceptors (Lipinski definition) is 5. The van der Waals surface area contributed by atoms with E-state index in [4.69, 9.17) is 4.74 Å². The van der Waals surface area contributed by atoms with Gasteiger partial charge in [-0.3, -0.25) is 9.69 Å². The van der Waals surface area contributed by atoms with Crippen LogP contribution in [-0.4, -0.2) is 24.0 Å². The lowest BCUT2D eigenvalue weighted by atomic mass is 10.1. The van der Waals surface area contributed by atoms with Gasteiger partial charge in [-0.15, -0.1) is 0 Å². The molecule has 3 aromatic carbocycles. The largest absolute Gasteiger partial charge is 0.465 e. The summed E-state index contributed by atoms with van der Waals surface area (Å²) in [7, 11) is 1.23. The van der Waals surface area contributed by atoms with E-state index in [1.807, 2.05) is 30.3 Å². The fourth-order valence-corrected chi connectivity index (χ4v) is 4.16. The van der Waals surface area contributed by atoms with Crippen LogP contribution in [0.1, 0.15) is 26.3 Å². The van der Waals surface area contributed by atoms with Gasteiger partial charge in [0.25, 0.3) is 5.91 Å². The summed E-state index contributed by atoms with van der Waals surface area (Å²) in [6.45, 7) is 0.124. The Bertz CT molecular complexity index is 1270. The smallest absolute Gasteiger partial charge is 0.338 e.